The zero-order valence-corrected chi connectivity index (χ0v) is 12.1. The Morgan fingerprint density at radius 1 is 1.39 bits per heavy atom. The van der Waals surface area contributed by atoms with Crippen LogP contribution < -0.4 is 4.72 Å². The highest BCUT2D eigenvalue weighted by molar-refractivity contribution is 9.10. The zero-order chi connectivity index (χ0) is 14.1. The Labute approximate surface area is 112 Å². The van der Waals surface area contributed by atoms with E-state index in [0.29, 0.717) is 6.07 Å². The fraction of sp³-hybridized carbons (Fsp3) is 0.400. The van der Waals surface area contributed by atoms with Crippen molar-refractivity contribution in [3.8, 4) is 0 Å². The molecule has 0 saturated carbocycles. The van der Waals surface area contributed by atoms with Crippen LogP contribution in [0.2, 0.25) is 0 Å². The molecule has 0 spiro atoms. The van der Waals surface area contributed by atoms with Gasteiger partial charge in [0, 0.05) is 10.5 Å². The molecule has 0 amide bonds. The monoisotopic (exact) mass is 343 g/mol. The van der Waals surface area contributed by atoms with Gasteiger partial charge in [-0.15, -0.1) is 0 Å². The second-order valence-corrected chi connectivity index (χ2v) is 6.82. The van der Waals surface area contributed by atoms with Crippen LogP contribution in [-0.4, -0.2) is 25.7 Å². The molecule has 1 rings (SSSR count). The predicted octanol–water partition coefficient (Wildman–Crippen LogP) is 1.78. The summed E-state index contributed by atoms with van der Waals surface area (Å²) in [6, 6.07) is 1.33. The van der Waals surface area contributed by atoms with Crippen molar-refractivity contribution in [1.29, 1.82) is 0 Å². The molecule has 8 heteroatoms. The molecule has 0 aliphatic carbocycles. The summed E-state index contributed by atoms with van der Waals surface area (Å²) in [7, 11) is -4.21. The minimum absolute atomic E-state index is 0.221. The van der Waals surface area contributed by atoms with Gasteiger partial charge in [0.15, 0.2) is 0 Å². The summed E-state index contributed by atoms with van der Waals surface area (Å²) in [5.41, 5.74) is -1.15. The normalized spacial score (nSPS) is 12.8. The second-order valence-electron chi connectivity index (χ2n) is 4.35. The Hall–Kier alpha value is -0.570. The van der Waals surface area contributed by atoms with Crippen LogP contribution in [0.5, 0.6) is 0 Å². The minimum Gasteiger partial charge on any atom is -0.394 e. The molecule has 0 atom stereocenters. The van der Waals surface area contributed by atoms with Gasteiger partial charge in [0.1, 0.15) is 16.5 Å². The van der Waals surface area contributed by atoms with E-state index in [1.807, 2.05) is 0 Å². The molecule has 0 radical (unpaired) electrons. The van der Waals surface area contributed by atoms with Gasteiger partial charge in [-0.3, -0.25) is 0 Å². The topological polar surface area (TPSA) is 66.4 Å². The minimum atomic E-state index is -4.21. The first-order chi connectivity index (χ1) is 8.09. The fourth-order valence-electron chi connectivity index (χ4n) is 1.23. The summed E-state index contributed by atoms with van der Waals surface area (Å²) in [6.07, 6.45) is 0. The first-order valence-electron chi connectivity index (χ1n) is 4.88. The van der Waals surface area contributed by atoms with Crippen LogP contribution in [0, 0.1) is 11.6 Å². The van der Waals surface area contributed by atoms with Gasteiger partial charge in [-0.05, 0) is 35.8 Å². The summed E-state index contributed by atoms with van der Waals surface area (Å²) >= 11 is 2.80. The highest BCUT2D eigenvalue weighted by atomic mass is 79.9. The SMILES string of the molecule is CC(C)(CO)NS(=O)(=O)c1c(F)cc(F)cc1Br. The summed E-state index contributed by atoms with van der Waals surface area (Å²) < 4.78 is 52.2. The van der Waals surface area contributed by atoms with Crippen LogP contribution in [0.4, 0.5) is 8.78 Å². The third-order valence-corrected chi connectivity index (χ3v) is 4.70. The highest BCUT2D eigenvalue weighted by Crippen LogP contribution is 2.27. The van der Waals surface area contributed by atoms with Gasteiger partial charge in [0.05, 0.1) is 12.1 Å². The van der Waals surface area contributed by atoms with E-state index in [4.69, 9.17) is 5.11 Å². The van der Waals surface area contributed by atoms with Crippen molar-refractivity contribution in [3.05, 3.63) is 28.2 Å². The molecule has 1 aromatic carbocycles. The smallest absolute Gasteiger partial charge is 0.245 e. The number of sulfonamides is 1. The average molecular weight is 344 g/mol. The first kappa shape index (κ1) is 15.5. The van der Waals surface area contributed by atoms with Gasteiger partial charge in [-0.1, -0.05) is 0 Å². The molecule has 1 aromatic rings. The predicted molar refractivity (Wildman–Crippen MR) is 65.5 cm³/mol. The van der Waals surface area contributed by atoms with Crippen molar-refractivity contribution < 1.29 is 22.3 Å². The van der Waals surface area contributed by atoms with Crippen LogP contribution in [-0.2, 0) is 10.0 Å². The molecule has 4 nitrogen and oxygen atoms in total. The van der Waals surface area contributed by atoms with E-state index in [0.717, 1.165) is 6.07 Å². The van der Waals surface area contributed by atoms with Crippen molar-refractivity contribution in [2.45, 2.75) is 24.3 Å². The summed E-state index contributed by atoms with van der Waals surface area (Å²) in [5.74, 6) is -2.09. The average Bonchev–Trinajstić information content (AvgIpc) is 2.13. The Balaban J connectivity index is 3.30. The third kappa shape index (κ3) is 3.47. The molecule has 0 aliphatic heterocycles. The van der Waals surface area contributed by atoms with E-state index in [2.05, 4.69) is 20.7 Å². The molecule has 2 N–H and O–H groups in total. The van der Waals surface area contributed by atoms with Crippen LogP contribution in [0.25, 0.3) is 0 Å². The van der Waals surface area contributed by atoms with E-state index in [9.17, 15) is 17.2 Å². The van der Waals surface area contributed by atoms with Gasteiger partial charge in [-0.2, -0.15) is 0 Å². The first-order valence-corrected chi connectivity index (χ1v) is 7.16. The number of aliphatic hydroxyl groups excluding tert-OH is 1. The Kier molecular flexibility index (Phi) is 4.47. The molecular weight excluding hydrogens is 332 g/mol. The van der Waals surface area contributed by atoms with E-state index < -0.39 is 38.7 Å². The number of hydrogen-bond acceptors (Lipinski definition) is 3. The molecule has 0 aromatic heterocycles. The molecule has 0 aliphatic rings. The van der Waals surface area contributed by atoms with Gasteiger partial charge in [-0.25, -0.2) is 21.9 Å². The second kappa shape index (κ2) is 5.20. The number of halogens is 3. The molecule has 0 fully saturated rings. The Morgan fingerprint density at radius 2 is 1.94 bits per heavy atom. The molecule has 0 unspecified atom stereocenters. The summed E-state index contributed by atoms with van der Waals surface area (Å²) in [5, 5.41) is 8.99. The summed E-state index contributed by atoms with van der Waals surface area (Å²) in [4.78, 5) is -0.689. The molecule has 0 saturated heterocycles. The molecule has 18 heavy (non-hydrogen) atoms. The lowest BCUT2D eigenvalue weighted by molar-refractivity contribution is 0.208. The Morgan fingerprint density at radius 3 is 2.39 bits per heavy atom. The van der Waals surface area contributed by atoms with Crippen molar-refractivity contribution in [2.24, 2.45) is 0 Å². The summed E-state index contributed by atoms with van der Waals surface area (Å²) in [6.45, 7) is 2.40. The third-order valence-electron chi connectivity index (χ3n) is 2.04. The van der Waals surface area contributed by atoms with Gasteiger partial charge >= 0.3 is 0 Å². The van der Waals surface area contributed by atoms with Crippen molar-refractivity contribution in [3.63, 3.8) is 0 Å². The maximum Gasteiger partial charge on any atom is 0.245 e. The van der Waals surface area contributed by atoms with Gasteiger partial charge in [0.25, 0.3) is 0 Å². The maximum atomic E-state index is 13.5. The van der Waals surface area contributed by atoms with Crippen LogP contribution in [0.1, 0.15) is 13.8 Å². The van der Waals surface area contributed by atoms with Crippen LogP contribution >= 0.6 is 15.9 Å². The lowest BCUT2D eigenvalue weighted by Crippen LogP contribution is -2.46. The number of nitrogens with one attached hydrogen (secondary N) is 1. The van der Waals surface area contributed by atoms with Gasteiger partial charge < -0.3 is 5.11 Å². The number of rotatable bonds is 4. The van der Waals surface area contributed by atoms with E-state index in [-0.39, 0.29) is 4.47 Å². The van der Waals surface area contributed by atoms with Crippen molar-refractivity contribution in [2.75, 3.05) is 6.61 Å². The number of hydrogen-bond donors (Lipinski definition) is 2. The van der Waals surface area contributed by atoms with Gasteiger partial charge in [0.2, 0.25) is 10.0 Å². The van der Waals surface area contributed by atoms with Crippen LogP contribution in [0.3, 0.4) is 0 Å². The van der Waals surface area contributed by atoms with E-state index in [1.165, 1.54) is 13.8 Å². The maximum absolute atomic E-state index is 13.5. The molecule has 0 heterocycles. The lowest BCUT2D eigenvalue weighted by Gasteiger charge is -2.23. The lowest BCUT2D eigenvalue weighted by atomic mass is 10.1. The standard InChI is InChI=1S/C10H12BrF2NO3S/c1-10(2,5-15)14-18(16,17)9-7(11)3-6(12)4-8(9)13/h3-4,14-15H,5H2,1-2H3. The highest BCUT2D eigenvalue weighted by Gasteiger charge is 2.30. The molecule has 102 valence electrons. The number of aliphatic hydroxyl groups is 1. The largest absolute Gasteiger partial charge is 0.394 e. The number of benzene rings is 1. The molecule has 0 bridgehead atoms. The van der Waals surface area contributed by atoms with E-state index >= 15 is 0 Å². The Bertz CT molecular complexity index is 537. The van der Waals surface area contributed by atoms with Crippen molar-refractivity contribution >= 4 is 26.0 Å². The van der Waals surface area contributed by atoms with Crippen molar-refractivity contribution in [1.82, 2.24) is 4.72 Å². The zero-order valence-electron chi connectivity index (χ0n) is 9.67. The fourth-order valence-corrected chi connectivity index (χ4v) is 3.81. The quantitative estimate of drug-likeness (QED) is 0.875. The van der Waals surface area contributed by atoms with E-state index in [1.54, 1.807) is 0 Å². The van der Waals surface area contributed by atoms with Crippen LogP contribution in [0.15, 0.2) is 21.5 Å². The molecular formula is C10H12BrF2NO3S.